The van der Waals surface area contributed by atoms with Gasteiger partial charge in [0.1, 0.15) is 5.82 Å². The van der Waals surface area contributed by atoms with Gasteiger partial charge in [-0.3, -0.25) is 4.90 Å². The van der Waals surface area contributed by atoms with Crippen LogP contribution in [0.2, 0.25) is 0 Å². The zero-order chi connectivity index (χ0) is 24.9. The average molecular weight is 497 g/mol. The zero-order valence-corrected chi connectivity index (χ0v) is 20.9. The van der Waals surface area contributed by atoms with Gasteiger partial charge in [-0.15, -0.1) is 0 Å². The number of hydrogen-bond donors (Lipinski definition) is 1. The molecule has 0 aliphatic carbocycles. The zero-order valence-electron chi connectivity index (χ0n) is 20.9. The van der Waals surface area contributed by atoms with Gasteiger partial charge in [0.25, 0.3) is 0 Å². The first-order chi connectivity index (χ1) is 17.3. The van der Waals surface area contributed by atoms with Crippen molar-refractivity contribution in [3.8, 4) is 0 Å². The predicted octanol–water partition coefficient (Wildman–Crippen LogP) is 6.24. The van der Waals surface area contributed by atoms with Crippen LogP contribution in [-0.4, -0.2) is 46.2 Å². The van der Waals surface area contributed by atoms with Crippen LogP contribution in [0.15, 0.2) is 48.5 Å². The predicted molar refractivity (Wildman–Crippen MR) is 136 cm³/mol. The smallest absolute Gasteiger partial charge is 0.325 e. The third kappa shape index (κ3) is 4.24. The summed E-state index contributed by atoms with van der Waals surface area (Å²) in [5.74, 6) is 1.09. The maximum atomic E-state index is 13.5. The normalized spacial score (nSPS) is 26.5. The molecular formula is C29H35F3N4. The molecule has 0 radical (unpaired) electrons. The maximum absolute atomic E-state index is 13.5. The molecule has 36 heavy (non-hydrogen) atoms. The standard InChI is InChI=1S/C29H35F3N4/c1-20-34-26-7-2-3-8-27(26)36(20)25-18-23-9-10-24(19-25)35(23)16-13-28(11-14-33-15-12-28)21-5-4-6-22(17-21)29(30,31)32/h2-8,17,23-25,33H,9-16,18-19H2,1H3. The van der Waals surface area contributed by atoms with Gasteiger partial charge in [-0.2, -0.15) is 13.2 Å². The van der Waals surface area contributed by atoms with Gasteiger partial charge in [-0.25, -0.2) is 4.98 Å². The Labute approximate surface area is 210 Å². The fraction of sp³-hybridized carbons (Fsp3) is 0.552. The number of alkyl halides is 3. The summed E-state index contributed by atoms with van der Waals surface area (Å²) in [7, 11) is 0. The molecule has 0 saturated carbocycles. The van der Waals surface area contributed by atoms with E-state index in [2.05, 4.69) is 39.9 Å². The number of piperidine rings is 2. The Morgan fingerprint density at radius 2 is 1.69 bits per heavy atom. The summed E-state index contributed by atoms with van der Waals surface area (Å²) in [5, 5.41) is 3.42. The number of rotatable bonds is 5. The monoisotopic (exact) mass is 496 g/mol. The summed E-state index contributed by atoms with van der Waals surface area (Å²) < 4.78 is 43.0. The van der Waals surface area contributed by atoms with E-state index in [9.17, 15) is 13.2 Å². The molecule has 2 atom stereocenters. The molecule has 1 aromatic heterocycles. The topological polar surface area (TPSA) is 33.1 Å². The molecule has 2 unspecified atom stereocenters. The number of nitrogens with one attached hydrogen (secondary N) is 1. The van der Waals surface area contributed by atoms with E-state index < -0.39 is 11.7 Å². The minimum absolute atomic E-state index is 0.195. The lowest BCUT2D eigenvalue weighted by molar-refractivity contribution is -0.137. The minimum Gasteiger partial charge on any atom is -0.325 e. The number of benzene rings is 2. The first-order valence-electron chi connectivity index (χ1n) is 13.4. The Hall–Kier alpha value is -2.38. The van der Waals surface area contributed by atoms with E-state index in [4.69, 9.17) is 4.98 Å². The first-order valence-corrected chi connectivity index (χ1v) is 13.4. The highest BCUT2D eigenvalue weighted by Gasteiger charge is 2.44. The Morgan fingerprint density at radius 3 is 2.42 bits per heavy atom. The molecule has 6 rings (SSSR count). The SMILES string of the molecule is Cc1nc2ccccc2n1C1CC2CCC(C1)N2CCC1(c2cccc(C(F)(F)F)c2)CCNCC1. The summed E-state index contributed by atoms with van der Waals surface area (Å²) in [6, 6.07) is 16.1. The molecule has 3 fully saturated rings. The van der Waals surface area contributed by atoms with Crippen LogP contribution < -0.4 is 5.32 Å². The third-order valence-corrected chi connectivity index (χ3v) is 9.21. The van der Waals surface area contributed by atoms with Crippen LogP contribution in [0, 0.1) is 6.92 Å². The molecule has 3 saturated heterocycles. The van der Waals surface area contributed by atoms with Gasteiger partial charge in [0.2, 0.25) is 0 Å². The van der Waals surface area contributed by atoms with Crippen molar-refractivity contribution in [2.45, 2.75) is 81.6 Å². The highest BCUT2D eigenvalue weighted by molar-refractivity contribution is 5.76. The number of aryl methyl sites for hydroxylation is 1. The van der Waals surface area contributed by atoms with Crippen molar-refractivity contribution < 1.29 is 13.2 Å². The fourth-order valence-corrected chi connectivity index (χ4v) is 7.40. The van der Waals surface area contributed by atoms with Crippen LogP contribution in [0.3, 0.4) is 0 Å². The van der Waals surface area contributed by atoms with E-state index in [1.54, 1.807) is 6.07 Å². The van der Waals surface area contributed by atoms with Crippen LogP contribution in [0.4, 0.5) is 13.2 Å². The summed E-state index contributed by atoms with van der Waals surface area (Å²) >= 11 is 0. The molecule has 2 aromatic carbocycles. The molecule has 0 spiro atoms. The minimum atomic E-state index is -4.30. The summed E-state index contributed by atoms with van der Waals surface area (Å²) in [6.45, 7) is 4.79. The van der Waals surface area contributed by atoms with E-state index in [1.807, 2.05) is 12.1 Å². The summed E-state index contributed by atoms with van der Waals surface area (Å²) in [5.41, 5.74) is 2.44. The Morgan fingerprint density at radius 1 is 0.972 bits per heavy atom. The quantitative estimate of drug-likeness (QED) is 0.454. The van der Waals surface area contributed by atoms with Gasteiger partial charge in [0.05, 0.1) is 16.6 Å². The second-order valence-corrected chi connectivity index (χ2v) is 11.1. The van der Waals surface area contributed by atoms with Crippen molar-refractivity contribution >= 4 is 11.0 Å². The van der Waals surface area contributed by atoms with Crippen LogP contribution >= 0.6 is 0 Å². The highest BCUT2D eigenvalue weighted by atomic mass is 19.4. The number of imidazole rings is 1. The molecule has 192 valence electrons. The molecule has 1 N–H and O–H groups in total. The lowest BCUT2D eigenvalue weighted by atomic mass is 9.70. The van der Waals surface area contributed by atoms with Crippen molar-refractivity contribution in [3.63, 3.8) is 0 Å². The van der Waals surface area contributed by atoms with Gasteiger partial charge in [0.15, 0.2) is 0 Å². The summed E-state index contributed by atoms with van der Waals surface area (Å²) in [4.78, 5) is 7.50. The van der Waals surface area contributed by atoms with Crippen molar-refractivity contribution in [2.24, 2.45) is 0 Å². The molecule has 4 heterocycles. The number of nitrogens with zero attached hydrogens (tertiary/aromatic N) is 3. The number of halogens is 3. The van der Waals surface area contributed by atoms with Gasteiger partial charge < -0.3 is 9.88 Å². The third-order valence-electron chi connectivity index (χ3n) is 9.21. The highest BCUT2D eigenvalue weighted by Crippen LogP contribution is 2.45. The van der Waals surface area contributed by atoms with Gasteiger partial charge >= 0.3 is 6.18 Å². The number of hydrogen-bond acceptors (Lipinski definition) is 3. The number of aromatic nitrogens is 2. The Bertz CT molecular complexity index is 1210. The first kappa shape index (κ1) is 24.0. The fourth-order valence-electron chi connectivity index (χ4n) is 7.40. The largest absolute Gasteiger partial charge is 0.416 e. The second-order valence-electron chi connectivity index (χ2n) is 11.1. The van der Waals surface area contributed by atoms with Crippen molar-refractivity contribution in [1.82, 2.24) is 19.8 Å². The molecule has 3 aromatic rings. The van der Waals surface area contributed by atoms with E-state index in [1.165, 1.54) is 30.5 Å². The van der Waals surface area contributed by atoms with Crippen molar-refractivity contribution in [2.75, 3.05) is 19.6 Å². The van der Waals surface area contributed by atoms with Crippen LogP contribution in [-0.2, 0) is 11.6 Å². The van der Waals surface area contributed by atoms with Crippen molar-refractivity contribution in [1.29, 1.82) is 0 Å². The lowest BCUT2D eigenvalue weighted by Crippen LogP contribution is -2.47. The Kier molecular flexibility index (Phi) is 6.11. The van der Waals surface area contributed by atoms with Crippen LogP contribution in [0.1, 0.15) is 67.9 Å². The van der Waals surface area contributed by atoms with E-state index >= 15 is 0 Å². The molecule has 3 aliphatic heterocycles. The van der Waals surface area contributed by atoms with Crippen LogP contribution in [0.5, 0.6) is 0 Å². The van der Waals surface area contributed by atoms with Gasteiger partial charge in [-0.1, -0.05) is 30.3 Å². The molecule has 0 amide bonds. The van der Waals surface area contributed by atoms with Gasteiger partial charge in [0, 0.05) is 18.1 Å². The molecule has 3 aliphatic rings. The Balaban J connectivity index is 1.21. The van der Waals surface area contributed by atoms with E-state index in [0.717, 1.165) is 68.6 Å². The maximum Gasteiger partial charge on any atom is 0.416 e. The second kappa shape index (κ2) is 9.18. The molecule has 2 bridgehead atoms. The van der Waals surface area contributed by atoms with Crippen LogP contribution in [0.25, 0.3) is 11.0 Å². The van der Waals surface area contributed by atoms with Crippen molar-refractivity contribution in [3.05, 3.63) is 65.5 Å². The molecule has 7 heteroatoms. The van der Waals surface area contributed by atoms with Gasteiger partial charge in [-0.05, 0) is 101 Å². The number of para-hydroxylation sites is 2. The van der Waals surface area contributed by atoms with E-state index in [-0.39, 0.29) is 5.41 Å². The number of fused-ring (bicyclic) bond motifs is 3. The van der Waals surface area contributed by atoms with E-state index in [0.29, 0.717) is 18.1 Å². The summed E-state index contributed by atoms with van der Waals surface area (Å²) in [6.07, 6.45) is 3.06. The lowest BCUT2D eigenvalue weighted by Gasteiger charge is -2.44. The molecular weight excluding hydrogens is 461 g/mol. The molecule has 4 nitrogen and oxygen atoms in total. The average Bonchev–Trinajstić information content (AvgIpc) is 3.33.